The minimum atomic E-state index is -0.220. The maximum absolute atomic E-state index is 13.0. The molecule has 2 saturated heterocycles. The van der Waals surface area contributed by atoms with E-state index in [1.165, 1.54) is 12.1 Å². The average molecular weight is 333 g/mol. The second-order valence-electron chi connectivity index (χ2n) is 6.76. The molecule has 0 aliphatic carbocycles. The highest BCUT2D eigenvalue weighted by molar-refractivity contribution is 5.89. The van der Waals surface area contributed by atoms with E-state index in [4.69, 9.17) is 0 Å². The minimum absolute atomic E-state index is 0.0566. The molecule has 0 bridgehead atoms. The van der Waals surface area contributed by atoms with Gasteiger partial charge in [-0.2, -0.15) is 0 Å². The molecule has 2 aliphatic heterocycles. The zero-order valence-electron chi connectivity index (χ0n) is 14.1. The van der Waals surface area contributed by atoms with Crippen LogP contribution in [-0.2, 0) is 16.1 Å². The maximum atomic E-state index is 13.0. The topological polar surface area (TPSA) is 43.9 Å². The van der Waals surface area contributed by atoms with Gasteiger partial charge in [0.1, 0.15) is 5.82 Å². The second kappa shape index (κ2) is 7.30. The van der Waals surface area contributed by atoms with Gasteiger partial charge in [0.2, 0.25) is 11.8 Å². The number of nitrogens with zero attached hydrogens (tertiary/aromatic N) is 3. The third kappa shape index (κ3) is 3.93. The van der Waals surface area contributed by atoms with Gasteiger partial charge in [-0.1, -0.05) is 12.1 Å². The summed E-state index contributed by atoms with van der Waals surface area (Å²) in [6, 6.07) is 6.58. The lowest BCUT2D eigenvalue weighted by Gasteiger charge is -2.24. The lowest BCUT2D eigenvalue weighted by atomic mass is 10.1. The normalized spacial score (nSPS) is 22.8. The zero-order chi connectivity index (χ0) is 17.1. The van der Waals surface area contributed by atoms with Crippen LogP contribution in [0.3, 0.4) is 0 Å². The fourth-order valence-corrected chi connectivity index (χ4v) is 3.48. The molecule has 2 aliphatic rings. The monoisotopic (exact) mass is 333 g/mol. The van der Waals surface area contributed by atoms with E-state index < -0.39 is 0 Å². The summed E-state index contributed by atoms with van der Waals surface area (Å²) in [6.07, 6.45) is 1.26. The Bertz CT molecular complexity index is 605. The van der Waals surface area contributed by atoms with Crippen LogP contribution in [0.4, 0.5) is 4.39 Å². The van der Waals surface area contributed by atoms with Crippen LogP contribution >= 0.6 is 0 Å². The van der Waals surface area contributed by atoms with Crippen molar-refractivity contribution in [3.8, 4) is 0 Å². The first kappa shape index (κ1) is 16.9. The Morgan fingerprint density at radius 2 is 1.92 bits per heavy atom. The lowest BCUT2D eigenvalue weighted by Crippen LogP contribution is -2.39. The van der Waals surface area contributed by atoms with Crippen LogP contribution in [0.1, 0.15) is 18.4 Å². The summed E-state index contributed by atoms with van der Waals surface area (Å²) in [5.41, 5.74) is 1.08. The molecular weight excluding hydrogens is 309 g/mol. The predicted octanol–water partition coefficient (Wildman–Crippen LogP) is 1.34. The van der Waals surface area contributed by atoms with Gasteiger partial charge in [0.15, 0.2) is 0 Å². The van der Waals surface area contributed by atoms with Crippen molar-refractivity contribution in [2.24, 2.45) is 5.92 Å². The van der Waals surface area contributed by atoms with Crippen molar-refractivity contribution in [2.75, 3.05) is 39.8 Å². The molecule has 2 fully saturated rings. The quantitative estimate of drug-likeness (QED) is 0.838. The van der Waals surface area contributed by atoms with Gasteiger partial charge in [-0.3, -0.25) is 14.5 Å². The van der Waals surface area contributed by atoms with E-state index >= 15 is 0 Å². The number of hydrogen-bond acceptors (Lipinski definition) is 3. The van der Waals surface area contributed by atoms with Crippen LogP contribution in [0.5, 0.6) is 0 Å². The van der Waals surface area contributed by atoms with Gasteiger partial charge < -0.3 is 9.80 Å². The standard InChI is InChI=1S/C18H24FN3O2/c1-20-13-15(11-17(20)23)18(24)22-8-2-7-21(9-10-22)12-14-3-5-16(19)6-4-14/h3-6,15H,2,7-13H2,1H3/t15-/m0/s1. The fraction of sp³-hybridized carbons (Fsp3) is 0.556. The number of halogens is 1. The summed E-state index contributed by atoms with van der Waals surface area (Å²) in [5.74, 6) is -0.244. The molecule has 6 heteroatoms. The summed E-state index contributed by atoms with van der Waals surface area (Å²) in [5, 5.41) is 0. The third-order valence-electron chi connectivity index (χ3n) is 4.91. The van der Waals surface area contributed by atoms with E-state index in [1.54, 1.807) is 11.9 Å². The Hall–Kier alpha value is -1.95. The molecule has 5 nitrogen and oxygen atoms in total. The first-order chi connectivity index (χ1) is 11.5. The van der Waals surface area contributed by atoms with E-state index in [2.05, 4.69) is 4.90 Å². The Kier molecular flexibility index (Phi) is 5.14. The third-order valence-corrected chi connectivity index (χ3v) is 4.91. The molecule has 0 saturated carbocycles. The van der Waals surface area contributed by atoms with Crippen molar-refractivity contribution >= 4 is 11.8 Å². The zero-order valence-corrected chi connectivity index (χ0v) is 14.1. The van der Waals surface area contributed by atoms with E-state index in [-0.39, 0.29) is 23.5 Å². The van der Waals surface area contributed by atoms with Crippen LogP contribution in [0, 0.1) is 11.7 Å². The fourth-order valence-electron chi connectivity index (χ4n) is 3.48. The van der Waals surface area contributed by atoms with Crippen LogP contribution in [0.25, 0.3) is 0 Å². The smallest absolute Gasteiger partial charge is 0.228 e. The molecule has 1 atom stereocenters. The molecule has 130 valence electrons. The van der Waals surface area contributed by atoms with Crippen molar-refractivity contribution in [1.82, 2.24) is 14.7 Å². The summed E-state index contributed by atoms with van der Waals surface area (Å²) in [4.78, 5) is 30.1. The van der Waals surface area contributed by atoms with Gasteiger partial charge in [-0.15, -0.1) is 0 Å². The Labute approximate surface area is 142 Å². The van der Waals surface area contributed by atoms with E-state index in [0.29, 0.717) is 19.5 Å². The summed E-state index contributed by atoms with van der Waals surface area (Å²) < 4.78 is 13.0. The molecule has 1 aromatic carbocycles. The minimum Gasteiger partial charge on any atom is -0.345 e. The summed E-state index contributed by atoms with van der Waals surface area (Å²) >= 11 is 0. The van der Waals surface area contributed by atoms with Crippen molar-refractivity contribution < 1.29 is 14.0 Å². The van der Waals surface area contributed by atoms with Crippen molar-refractivity contribution in [2.45, 2.75) is 19.4 Å². The lowest BCUT2D eigenvalue weighted by molar-refractivity contribution is -0.135. The van der Waals surface area contributed by atoms with E-state index in [0.717, 1.165) is 38.2 Å². The second-order valence-corrected chi connectivity index (χ2v) is 6.76. The Balaban J connectivity index is 1.54. The van der Waals surface area contributed by atoms with Gasteiger partial charge in [0.25, 0.3) is 0 Å². The van der Waals surface area contributed by atoms with Crippen molar-refractivity contribution in [3.63, 3.8) is 0 Å². The number of rotatable bonds is 3. The first-order valence-corrected chi connectivity index (χ1v) is 8.52. The SMILES string of the molecule is CN1C[C@@H](C(=O)N2CCCN(Cc3ccc(F)cc3)CC2)CC1=O. The average Bonchev–Trinajstić information content (AvgIpc) is 2.77. The molecule has 3 rings (SSSR count). The van der Waals surface area contributed by atoms with Crippen molar-refractivity contribution in [1.29, 1.82) is 0 Å². The van der Waals surface area contributed by atoms with Crippen LogP contribution in [-0.4, -0.2) is 66.3 Å². The molecule has 0 N–H and O–H groups in total. The Morgan fingerprint density at radius 1 is 1.17 bits per heavy atom. The van der Waals surface area contributed by atoms with Crippen molar-refractivity contribution in [3.05, 3.63) is 35.6 Å². The molecule has 0 spiro atoms. The number of carbonyl (C=O) groups excluding carboxylic acids is 2. The largest absolute Gasteiger partial charge is 0.345 e. The van der Waals surface area contributed by atoms with Gasteiger partial charge >= 0.3 is 0 Å². The van der Waals surface area contributed by atoms with Gasteiger partial charge in [-0.05, 0) is 24.1 Å². The van der Waals surface area contributed by atoms with Gasteiger partial charge in [0, 0.05) is 52.7 Å². The Morgan fingerprint density at radius 3 is 2.58 bits per heavy atom. The number of carbonyl (C=O) groups is 2. The highest BCUT2D eigenvalue weighted by atomic mass is 19.1. The first-order valence-electron chi connectivity index (χ1n) is 8.52. The highest BCUT2D eigenvalue weighted by Gasteiger charge is 2.35. The summed E-state index contributed by atoms with van der Waals surface area (Å²) in [6.45, 7) is 4.46. The number of hydrogen-bond donors (Lipinski definition) is 0. The van der Waals surface area contributed by atoms with Gasteiger partial charge in [-0.25, -0.2) is 4.39 Å². The van der Waals surface area contributed by atoms with Crippen LogP contribution < -0.4 is 0 Å². The predicted molar refractivity (Wildman–Crippen MR) is 88.6 cm³/mol. The number of amides is 2. The number of benzene rings is 1. The maximum Gasteiger partial charge on any atom is 0.228 e. The molecule has 24 heavy (non-hydrogen) atoms. The molecule has 2 amide bonds. The van der Waals surface area contributed by atoms with E-state index in [9.17, 15) is 14.0 Å². The molecule has 0 aromatic heterocycles. The highest BCUT2D eigenvalue weighted by Crippen LogP contribution is 2.20. The molecule has 1 aromatic rings. The summed E-state index contributed by atoms with van der Waals surface area (Å²) in [7, 11) is 1.75. The molecule has 0 radical (unpaired) electrons. The van der Waals surface area contributed by atoms with Crippen LogP contribution in [0.15, 0.2) is 24.3 Å². The molecular formula is C18H24FN3O2. The molecule has 2 heterocycles. The van der Waals surface area contributed by atoms with E-state index in [1.807, 2.05) is 17.0 Å². The van der Waals surface area contributed by atoms with Gasteiger partial charge in [0.05, 0.1) is 5.92 Å². The molecule has 0 unspecified atom stereocenters. The van der Waals surface area contributed by atoms with Crippen LogP contribution in [0.2, 0.25) is 0 Å². The number of likely N-dealkylation sites (tertiary alicyclic amines) is 1.